The third-order valence-corrected chi connectivity index (χ3v) is 6.55. The molecule has 0 fully saturated rings. The summed E-state index contributed by atoms with van der Waals surface area (Å²) in [7, 11) is 2.94. The maximum atomic E-state index is 13.6. The van der Waals surface area contributed by atoms with Crippen molar-refractivity contribution in [2.75, 3.05) is 27.4 Å². The van der Waals surface area contributed by atoms with E-state index in [1.54, 1.807) is 12.1 Å². The molecule has 0 aromatic heterocycles. The van der Waals surface area contributed by atoms with Crippen LogP contribution in [0.1, 0.15) is 33.1 Å². The lowest BCUT2D eigenvalue weighted by atomic mass is 9.91. The van der Waals surface area contributed by atoms with E-state index in [0.717, 1.165) is 23.8 Å². The highest BCUT2D eigenvalue weighted by molar-refractivity contribution is 6.34. The number of rotatable bonds is 7. The Morgan fingerprint density at radius 3 is 2.47 bits per heavy atom. The summed E-state index contributed by atoms with van der Waals surface area (Å²) in [6, 6.07) is 10.7. The van der Waals surface area contributed by atoms with Crippen LogP contribution in [-0.2, 0) is 12.6 Å². The number of fused-ring (bicyclic) bond motifs is 1. The first-order chi connectivity index (χ1) is 18.0. The summed E-state index contributed by atoms with van der Waals surface area (Å²) in [4.78, 5) is 25.7. The second-order valence-corrected chi connectivity index (χ2v) is 8.84. The molecule has 1 unspecified atom stereocenters. The Morgan fingerprint density at radius 1 is 1.11 bits per heavy atom. The zero-order chi connectivity index (χ0) is 27.6. The smallest absolute Gasteiger partial charge is 0.416 e. The molecule has 3 aromatic rings. The van der Waals surface area contributed by atoms with Crippen LogP contribution < -0.4 is 14.2 Å². The van der Waals surface area contributed by atoms with Crippen molar-refractivity contribution >= 4 is 23.2 Å². The Bertz CT molecular complexity index is 1380. The number of nitro benzene ring substituents is 1. The first-order valence-electron chi connectivity index (χ1n) is 11.3. The lowest BCUT2D eigenvalue weighted by Gasteiger charge is -2.37. The van der Waals surface area contributed by atoms with Crippen molar-refractivity contribution in [3.63, 3.8) is 0 Å². The number of nitrogens with zero attached hydrogens (tertiary/aromatic N) is 2. The number of hydrogen-bond donors (Lipinski definition) is 0. The summed E-state index contributed by atoms with van der Waals surface area (Å²) < 4.78 is 56.2. The highest BCUT2D eigenvalue weighted by atomic mass is 35.5. The van der Waals surface area contributed by atoms with Crippen molar-refractivity contribution < 1.29 is 37.1 Å². The number of carbonyl (C=O) groups is 1. The minimum atomic E-state index is -4.55. The number of halogens is 4. The highest BCUT2D eigenvalue weighted by Gasteiger charge is 2.35. The van der Waals surface area contributed by atoms with Gasteiger partial charge in [-0.3, -0.25) is 14.9 Å². The van der Waals surface area contributed by atoms with Crippen LogP contribution in [0.2, 0.25) is 5.02 Å². The van der Waals surface area contributed by atoms with Gasteiger partial charge in [0.05, 0.1) is 41.3 Å². The van der Waals surface area contributed by atoms with E-state index < -0.39 is 28.6 Å². The second kappa shape index (κ2) is 10.8. The molecule has 0 saturated carbocycles. The van der Waals surface area contributed by atoms with Crippen LogP contribution in [0.5, 0.6) is 17.2 Å². The molecular weight excluding hydrogens is 529 g/mol. The molecule has 12 heteroatoms. The lowest BCUT2D eigenvalue weighted by Crippen LogP contribution is -2.42. The molecular formula is C26H22ClF3N2O6. The Labute approximate surface area is 220 Å². The van der Waals surface area contributed by atoms with Gasteiger partial charge in [0, 0.05) is 18.7 Å². The standard InChI is InChI=1S/C26H22ClF3N2O6/c1-36-23-10-15-8-9-31(25(33)20-12-17(32(34)35)6-7-21(20)27)22(19(15)13-24(23)37-2)14-38-18-5-3-4-16(11-18)26(28,29)30/h3-7,10-13,22H,8-9,14H2,1-2H3. The average Bonchev–Trinajstić information content (AvgIpc) is 2.90. The molecule has 0 bridgehead atoms. The molecule has 8 nitrogen and oxygen atoms in total. The summed E-state index contributed by atoms with van der Waals surface area (Å²) in [6.07, 6.45) is -4.14. The largest absolute Gasteiger partial charge is 0.493 e. The second-order valence-electron chi connectivity index (χ2n) is 8.43. The Hall–Kier alpha value is -3.99. The number of benzene rings is 3. The fraction of sp³-hybridized carbons (Fsp3) is 0.269. The third kappa shape index (κ3) is 5.47. The van der Waals surface area contributed by atoms with Gasteiger partial charge in [0.15, 0.2) is 11.5 Å². The lowest BCUT2D eigenvalue weighted by molar-refractivity contribution is -0.384. The van der Waals surface area contributed by atoms with Crippen molar-refractivity contribution in [2.45, 2.75) is 18.6 Å². The molecule has 0 saturated heterocycles. The van der Waals surface area contributed by atoms with Crippen molar-refractivity contribution in [2.24, 2.45) is 0 Å². The molecule has 1 aliphatic rings. The van der Waals surface area contributed by atoms with E-state index in [1.807, 2.05) is 0 Å². The van der Waals surface area contributed by atoms with Crippen molar-refractivity contribution in [3.05, 3.63) is 92.0 Å². The van der Waals surface area contributed by atoms with E-state index in [0.29, 0.717) is 23.5 Å². The van der Waals surface area contributed by atoms with Crippen LogP contribution in [0.25, 0.3) is 0 Å². The molecule has 0 radical (unpaired) electrons. The number of methoxy groups -OCH3 is 2. The summed E-state index contributed by atoms with van der Waals surface area (Å²) in [5, 5.41) is 11.3. The van der Waals surface area contributed by atoms with Crippen LogP contribution in [0.3, 0.4) is 0 Å². The van der Waals surface area contributed by atoms with E-state index in [4.69, 9.17) is 25.8 Å². The van der Waals surface area contributed by atoms with Gasteiger partial charge in [-0.05, 0) is 53.9 Å². The first-order valence-corrected chi connectivity index (χ1v) is 11.7. The minimum absolute atomic E-state index is 0.0243. The van der Waals surface area contributed by atoms with Gasteiger partial charge < -0.3 is 19.1 Å². The van der Waals surface area contributed by atoms with E-state index in [-0.39, 0.29) is 35.2 Å². The zero-order valence-electron chi connectivity index (χ0n) is 20.3. The predicted molar refractivity (Wildman–Crippen MR) is 132 cm³/mol. The van der Waals surface area contributed by atoms with Gasteiger partial charge in [0.2, 0.25) is 0 Å². The molecule has 1 atom stereocenters. The normalized spacial score (nSPS) is 15.0. The highest BCUT2D eigenvalue weighted by Crippen LogP contribution is 2.40. The Balaban J connectivity index is 1.74. The third-order valence-electron chi connectivity index (χ3n) is 6.22. The fourth-order valence-electron chi connectivity index (χ4n) is 4.33. The molecule has 38 heavy (non-hydrogen) atoms. The number of amides is 1. The molecule has 0 spiro atoms. The SMILES string of the molecule is COc1cc2c(cc1OC)C(COc1cccc(C(F)(F)F)c1)N(C(=O)c1cc([N+](=O)[O-])ccc1Cl)CC2. The molecule has 200 valence electrons. The molecule has 1 heterocycles. The van der Waals surface area contributed by atoms with Gasteiger partial charge in [-0.1, -0.05) is 17.7 Å². The van der Waals surface area contributed by atoms with E-state index in [2.05, 4.69) is 0 Å². The number of non-ortho nitro benzene ring substituents is 1. The maximum Gasteiger partial charge on any atom is 0.416 e. The van der Waals surface area contributed by atoms with Crippen LogP contribution >= 0.6 is 11.6 Å². The van der Waals surface area contributed by atoms with Gasteiger partial charge in [-0.25, -0.2) is 0 Å². The van der Waals surface area contributed by atoms with Gasteiger partial charge >= 0.3 is 6.18 Å². The van der Waals surface area contributed by atoms with Gasteiger partial charge in [-0.15, -0.1) is 0 Å². The quantitative estimate of drug-likeness (QED) is 0.261. The summed E-state index contributed by atoms with van der Waals surface area (Å²) >= 11 is 6.24. The molecule has 1 aliphatic heterocycles. The Morgan fingerprint density at radius 2 is 1.82 bits per heavy atom. The van der Waals surface area contributed by atoms with Crippen molar-refractivity contribution in [1.29, 1.82) is 0 Å². The fourth-order valence-corrected chi connectivity index (χ4v) is 4.53. The molecule has 4 rings (SSSR count). The Kier molecular flexibility index (Phi) is 7.68. The number of nitro groups is 1. The topological polar surface area (TPSA) is 91.1 Å². The number of ether oxygens (including phenoxy) is 3. The van der Waals surface area contributed by atoms with E-state index in [9.17, 15) is 28.1 Å². The number of hydrogen-bond acceptors (Lipinski definition) is 6. The molecule has 3 aromatic carbocycles. The van der Waals surface area contributed by atoms with Gasteiger partial charge in [-0.2, -0.15) is 13.2 Å². The predicted octanol–water partition coefficient (Wildman–Crippen LogP) is 6.10. The van der Waals surface area contributed by atoms with Crippen LogP contribution in [0.15, 0.2) is 54.6 Å². The molecule has 0 aliphatic carbocycles. The maximum absolute atomic E-state index is 13.6. The van der Waals surface area contributed by atoms with Crippen LogP contribution in [-0.4, -0.2) is 43.1 Å². The van der Waals surface area contributed by atoms with Gasteiger partial charge in [0.25, 0.3) is 11.6 Å². The molecule has 0 N–H and O–H groups in total. The molecule has 1 amide bonds. The van der Waals surface area contributed by atoms with Crippen LogP contribution in [0, 0.1) is 10.1 Å². The number of carbonyl (C=O) groups excluding carboxylic acids is 1. The average molecular weight is 551 g/mol. The first kappa shape index (κ1) is 27.1. The summed E-state index contributed by atoms with van der Waals surface area (Å²) in [6.45, 7) is -0.0148. The number of alkyl halides is 3. The van der Waals surface area contributed by atoms with Gasteiger partial charge in [0.1, 0.15) is 12.4 Å². The summed E-state index contributed by atoms with van der Waals surface area (Å²) in [5.74, 6) is 0.244. The van der Waals surface area contributed by atoms with Crippen LogP contribution in [0.4, 0.5) is 18.9 Å². The van der Waals surface area contributed by atoms with E-state index in [1.165, 1.54) is 43.4 Å². The summed E-state index contributed by atoms with van der Waals surface area (Å²) in [5.41, 5.74) is 0.208. The van der Waals surface area contributed by atoms with Crippen molar-refractivity contribution in [1.82, 2.24) is 4.90 Å². The minimum Gasteiger partial charge on any atom is -0.493 e. The monoisotopic (exact) mass is 550 g/mol. The zero-order valence-corrected chi connectivity index (χ0v) is 21.0. The van der Waals surface area contributed by atoms with E-state index >= 15 is 0 Å². The van der Waals surface area contributed by atoms with Crippen molar-refractivity contribution in [3.8, 4) is 17.2 Å².